The van der Waals surface area contributed by atoms with Crippen molar-refractivity contribution < 1.29 is 9.90 Å². The summed E-state index contributed by atoms with van der Waals surface area (Å²) in [6, 6.07) is 8.03. The standard InChI is InChI=1S/C18H25ClN2O2/c1-14(23)21-11-16(12-22)18(13-21)6-8-20(9-7-18)10-15-2-4-17(19)5-3-15/h2-5,16,22H,6-13H2,1H3. The number of aliphatic hydroxyl groups excluding tert-OH is 1. The van der Waals surface area contributed by atoms with Crippen molar-refractivity contribution in [3.8, 4) is 0 Å². The predicted molar refractivity (Wildman–Crippen MR) is 91.2 cm³/mol. The number of piperidine rings is 1. The number of halogens is 1. The highest BCUT2D eigenvalue weighted by molar-refractivity contribution is 6.30. The van der Waals surface area contributed by atoms with Crippen molar-refractivity contribution in [1.82, 2.24) is 9.80 Å². The lowest BCUT2D eigenvalue weighted by molar-refractivity contribution is -0.128. The van der Waals surface area contributed by atoms with Crippen LogP contribution in [0, 0.1) is 11.3 Å². The Morgan fingerprint density at radius 1 is 1.30 bits per heavy atom. The van der Waals surface area contributed by atoms with Crippen LogP contribution in [-0.2, 0) is 11.3 Å². The molecule has 1 aromatic carbocycles. The molecule has 4 nitrogen and oxygen atoms in total. The SMILES string of the molecule is CC(=O)N1CC(CO)C2(CCN(Cc3ccc(Cl)cc3)CC2)C1. The van der Waals surface area contributed by atoms with Crippen LogP contribution in [0.1, 0.15) is 25.3 Å². The second-order valence-corrected chi connectivity index (χ2v) is 7.48. The van der Waals surface area contributed by atoms with Gasteiger partial charge in [-0.2, -0.15) is 0 Å². The lowest BCUT2D eigenvalue weighted by Gasteiger charge is -2.42. The molecule has 1 amide bonds. The van der Waals surface area contributed by atoms with E-state index in [1.165, 1.54) is 5.56 Å². The molecule has 5 heteroatoms. The smallest absolute Gasteiger partial charge is 0.219 e. The maximum Gasteiger partial charge on any atom is 0.219 e. The first kappa shape index (κ1) is 16.7. The molecule has 1 atom stereocenters. The summed E-state index contributed by atoms with van der Waals surface area (Å²) in [7, 11) is 0. The highest BCUT2D eigenvalue weighted by Crippen LogP contribution is 2.44. The number of likely N-dealkylation sites (tertiary alicyclic amines) is 2. The summed E-state index contributed by atoms with van der Waals surface area (Å²) in [5, 5.41) is 10.5. The molecule has 2 fully saturated rings. The first-order valence-electron chi connectivity index (χ1n) is 8.35. The van der Waals surface area contributed by atoms with E-state index in [1.54, 1.807) is 6.92 Å². The normalized spacial score (nSPS) is 24.3. The van der Waals surface area contributed by atoms with Crippen LogP contribution < -0.4 is 0 Å². The van der Waals surface area contributed by atoms with E-state index in [9.17, 15) is 9.90 Å². The van der Waals surface area contributed by atoms with Gasteiger partial charge in [0.2, 0.25) is 5.91 Å². The van der Waals surface area contributed by atoms with Gasteiger partial charge in [0.1, 0.15) is 0 Å². The molecule has 0 saturated carbocycles. The van der Waals surface area contributed by atoms with Crippen LogP contribution in [0.3, 0.4) is 0 Å². The zero-order chi connectivity index (χ0) is 16.4. The topological polar surface area (TPSA) is 43.8 Å². The number of aliphatic hydroxyl groups is 1. The number of amides is 1. The third-order valence-electron chi connectivity index (χ3n) is 5.65. The van der Waals surface area contributed by atoms with E-state index >= 15 is 0 Å². The predicted octanol–water partition coefficient (Wildman–Crippen LogP) is 2.39. The molecule has 3 rings (SSSR count). The van der Waals surface area contributed by atoms with Crippen LogP contribution >= 0.6 is 11.6 Å². The summed E-state index contributed by atoms with van der Waals surface area (Å²) in [5.74, 6) is 0.355. The van der Waals surface area contributed by atoms with Crippen LogP contribution in [0.5, 0.6) is 0 Å². The maximum atomic E-state index is 11.7. The fraction of sp³-hybridized carbons (Fsp3) is 0.611. The second kappa shape index (κ2) is 6.80. The molecule has 0 aromatic heterocycles. The van der Waals surface area contributed by atoms with Crippen LogP contribution in [0.15, 0.2) is 24.3 Å². The second-order valence-electron chi connectivity index (χ2n) is 7.04. The molecule has 23 heavy (non-hydrogen) atoms. The average molecular weight is 337 g/mol. The molecular formula is C18H25ClN2O2. The van der Waals surface area contributed by atoms with Gasteiger partial charge in [0, 0.05) is 44.1 Å². The van der Waals surface area contributed by atoms with E-state index in [4.69, 9.17) is 11.6 Å². The first-order valence-corrected chi connectivity index (χ1v) is 8.73. The highest BCUT2D eigenvalue weighted by Gasteiger charge is 2.48. The Labute approximate surface area is 143 Å². The summed E-state index contributed by atoms with van der Waals surface area (Å²) in [5.41, 5.74) is 1.39. The molecule has 1 aromatic rings. The van der Waals surface area contributed by atoms with Gasteiger partial charge in [-0.15, -0.1) is 0 Å². The molecular weight excluding hydrogens is 312 g/mol. The largest absolute Gasteiger partial charge is 0.396 e. The maximum absolute atomic E-state index is 11.7. The molecule has 2 aliphatic rings. The van der Waals surface area contributed by atoms with Gasteiger partial charge in [-0.25, -0.2) is 0 Å². The van der Waals surface area contributed by atoms with E-state index in [1.807, 2.05) is 17.0 Å². The number of carbonyl (C=O) groups is 1. The first-order chi connectivity index (χ1) is 11.0. The van der Waals surface area contributed by atoms with Gasteiger partial charge in [-0.1, -0.05) is 23.7 Å². The van der Waals surface area contributed by atoms with Crippen molar-refractivity contribution in [3.05, 3.63) is 34.9 Å². The van der Waals surface area contributed by atoms with E-state index in [2.05, 4.69) is 17.0 Å². The van der Waals surface area contributed by atoms with Crippen molar-refractivity contribution in [1.29, 1.82) is 0 Å². The van der Waals surface area contributed by atoms with Crippen molar-refractivity contribution in [3.63, 3.8) is 0 Å². The molecule has 0 aliphatic carbocycles. The molecule has 0 radical (unpaired) electrons. The molecule has 0 bridgehead atoms. The molecule has 1 spiro atoms. The van der Waals surface area contributed by atoms with Crippen LogP contribution in [0.2, 0.25) is 5.02 Å². The molecule has 2 saturated heterocycles. The van der Waals surface area contributed by atoms with Crippen LogP contribution in [-0.4, -0.2) is 53.6 Å². The van der Waals surface area contributed by atoms with Gasteiger partial charge < -0.3 is 10.0 Å². The Kier molecular flexibility index (Phi) is 4.95. The third-order valence-corrected chi connectivity index (χ3v) is 5.90. The number of hydrogen-bond acceptors (Lipinski definition) is 3. The summed E-state index contributed by atoms with van der Waals surface area (Å²) < 4.78 is 0. The number of nitrogens with zero attached hydrogens (tertiary/aromatic N) is 2. The van der Waals surface area contributed by atoms with Gasteiger partial charge in [-0.3, -0.25) is 9.69 Å². The van der Waals surface area contributed by atoms with Gasteiger partial charge in [0.25, 0.3) is 0 Å². The summed E-state index contributed by atoms with van der Waals surface area (Å²) in [4.78, 5) is 16.1. The molecule has 2 aliphatic heterocycles. The monoisotopic (exact) mass is 336 g/mol. The number of rotatable bonds is 3. The molecule has 1 N–H and O–H groups in total. The zero-order valence-corrected chi connectivity index (χ0v) is 14.4. The Morgan fingerprint density at radius 3 is 2.52 bits per heavy atom. The fourth-order valence-electron chi connectivity index (χ4n) is 4.10. The highest BCUT2D eigenvalue weighted by atomic mass is 35.5. The van der Waals surface area contributed by atoms with E-state index in [-0.39, 0.29) is 23.8 Å². The third kappa shape index (κ3) is 3.54. The minimum atomic E-state index is 0.108. The Hall–Kier alpha value is -1.10. The number of carbonyl (C=O) groups excluding carboxylic acids is 1. The fourth-order valence-corrected chi connectivity index (χ4v) is 4.22. The van der Waals surface area contributed by atoms with Crippen LogP contribution in [0.4, 0.5) is 0 Å². The van der Waals surface area contributed by atoms with Crippen LogP contribution in [0.25, 0.3) is 0 Å². The summed E-state index contributed by atoms with van der Waals surface area (Å²) in [6.07, 6.45) is 2.10. The lowest BCUT2D eigenvalue weighted by Crippen LogP contribution is -2.44. The van der Waals surface area contributed by atoms with Crippen molar-refractivity contribution >= 4 is 17.5 Å². The molecule has 2 heterocycles. The van der Waals surface area contributed by atoms with Gasteiger partial charge in [0.15, 0.2) is 0 Å². The van der Waals surface area contributed by atoms with Crippen molar-refractivity contribution in [2.45, 2.75) is 26.3 Å². The van der Waals surface area contributed by atoms with E-state index in [0.717, 1.165) is 44.0 Å². The average Bonchev–Trinajstić information content (AvgIpc) is 2.91. The van der Waals surface area contributed by atoms with Gasteiger partial charge >= 0.3 is 0 Å². The minimum Gasteiger partial charge on any atom is -0.396 e. The Morgan fingerprint density at radius 2 is 1.96 bits per heavy atom. The summed E-state index contributed by atoms with van der Waals surface area (Å²) >= 11 is 5.94. The van der Waals surface area contributed by atoms with E-state index in [0.29, 0.717) is 6.54 Å². The Bertz CT molecular complexity index is 553. The minimum absolute atomic E-state index is 0.108. The van der Waals surface area contributed by atoms with Gasteiger partial charge in [-0.05, 0) is 49.0 Å². The number of hydrogen-bond donors (Lipinski definition) is 1. The Balaban J connectivity index is 1.61. The quantitative estimate of drug-likeness (QED) is 0.921. The lowest BCUT2D eigenvalue weighted by atomic mass is 9.71. The molecule has 126 valence electrons. The van der Waals surface area contributed by atoms with Crippen molar-refractivity contribution in [2.75, 3.05) is 32.8 Å². The zero-order valence-electron chi connectivity index (χ0n) is 13.7. The number of benzene rings is 1. The summed E-state index contributed by atoms with van der Waals surface area (Å²) in [6.45, 7) is 6.30. The van der Waals surface area contributed by atoms with Gasteiger partial charge in [0.05, 0.1) is 0 Å². The van der Waals surface area contributed by atoms with E-state index < -0.39 is 0 Å². The molecule has 1 unspecified atom stereocenters. The van der Waals surface area contributed by atoms with Crippen molar-refractivity contribution in [2.24, 2.45) is 11.3 Å².